The molecule has 7 heteroatoms. The van der Waals surface area contributed by atoms with Gasteiger partial charge in [-0.05, 0) is 19.3 Å². The van der Waals surface area contributed by atoms with Crippen molar-refractivity contribution >= 4 is 17.6 Å². The van der Waals surface area contributed by atoms with Crippen LogP contribution in [0.5, 0.6) is 0 Å². The van der Waals surface area contributed by atoms with Crippen molar-refractivity contribution in [2.45, 2.75) is 51.5 Å². The quantitative estimate of drug-likeness (QED) is 0.303. The molecule has 7 nitrogen and oxygen atoms in total. The largest absolute Gasteiger partial charge is 0.409 e. The summed E-state index contributed by atoms with van der Waals surface area (Å²) in [6.07, 6.45) is 4.89. The van der Waals surface area contributed by atoms with Gasteiger partial charge in [0.1, 0.15) is 5.41 Å². The topological polar surface area (TPSA) is 108 Å². The van der Waals surface area contributed by atoms with E-state index in [-0.39, 0.29) is 23.7 Å². The zero-order valence-electron chi connectivity index (χ0n) is 12.5. The third-order valence-electron chi connectivity index (χ3n) is 4.60. The molecule has 1 aliphatic heterocycles. The molecule has 0 bridgehead atoms. The van der Waals surface area contributed by atoms with Gasteiger partial charge in [-0.3, -0.25) is 9.59 Å². The summed E-state index contributed by atoms with van der Waals surface area (Å²) in [4.78, 5) is 25.7. The van der Waals surface area contributed by atoms with Gasteiger partial charge in [-0.1, -0.05) is 24.4 Å². The first-order valence-electron chi connectivity index (χ1n) is 7.54. The van der Waals surface area contributed by atoms with E-state index < -0.39 is 5.41 Å². The van der Waals surface area contributed by atoms with Gasteiger partial charge < -0.3 is 21.2 Å². The number of hydrogen-bond donors (Lipinski definition) is 3. The van der Waals surface area contributed by atoms with Gasteiger partial charge in [-0.2, -0.15) is 0 Å². The lowest BCUT2D eigenvalue weighted by Crippen LogP contribution is -2.52. The normalized spacial score (nSPS) is 25.7. The molecule has 1 aliphatic carbocycles. The summed E-state index contributed by atoms with van der Waals surface area (Å²) >= 11 is 0. The second-order valence-electron chi connectivity index (χ2n) is 6.07. The second-order valence-corrected chi connectivity index (χ2v) is 6.07. The van der Waals surface area contributed by atoms with E-state index in [0.717, 1.165) is 25.7 Å². The smallest absolute Gasteiger partial charge is 0.236 e. The molecule has 1 heterocycles. The summed E-state index contributed by atoms with van der Waals surface area (Å²) in [5.74, 6) is -0.126. The lowest BCUT2D eigenvalue weighted by Gasteiger charge is -2.37. The molecule has 0 spiro atoms. The Morgan fingerprint density at radius 1 is 1.33 bits per heavy atom. The Morgan fingerprint density at radius 3 is 2.57 bits per heavy atom. The molecule has 1 unspecified atom stereocenters. The van der Waals surface area contributed by atoms with Crippen LogP contribution < -0.4 is 11.1 Å². The first kappa shape index (κ1) is 15.6. The van der Waals surface area contributed by atoms with Gasteiger partial charge >= 0.3 is 0 Å². The van der Waals surface area contributed by atoms with E-state index in [1.54, 1.807) is 4.90 Å². The molecular formula is C14H24N4O3. The number of carbonyl (C=O) groups is 2. The minimum atomic E-state index is -0.863. The Labute approximate surface area is 124 Å². The van der Waals surface area contributed by atoms with Crippen molar-refractivity contribution in [3.8, 4) is 0 Å². The molecule has 0 aromatic heterocycles. The zero-order valence-corrected chi connectivity index (χ0v) is 12.5. The van der Waals surface area contributed by atoms with E-state index in [9.17, 15) is 9.59 Å². The average Bonchev–Trinajstić information content (AvgIpc) is 2.93. The predicted molar refractivity (Wildman–Crippen MR) is 77.7 cm³/mol. The molecule has 4 N–H and O–H groups in total. The maximum absolute atomic E-state index is 12.9. The Hall–Kier alpha value is -1.79. The highest BCUT2D eigenvalue weighted by molar-refractivity contribution is 6.06. The van der Waals surface area contributed by atoms with Crippen molar-refractivity contribution in [3.05, 3.63) is 0 Å². The number of nitrogens with zero attached hydrogens (tertiary/aromatic N) is 2. The summed E-state index contributed by atoms with van der Waals surface area (Å²) < 4.78 is 0. The van der Waals surface area contributed by atoms with E-state index in [1.165, 1.54) is 6.92 Å². The standard InChI is InChI=1S/C14H24N4O3/c1-10(19)16-11-5-8-18(9-11)13(20)14(12(15)17-21)6-3-2-4-7-14/h11,21H,2-9H2,1H3,(H2,15,17)(H,16,19). The minimum absolute atomic E-state index is 0.000574. The molecule has 0 aromatic rings. The SMILES string of the molecule is CC(=O)NC1CCN(C(=O)C2(C(N)=NO)CCCCC2)C1. The minimum Gasteiger partial charge on any atom is -0.409 e. The molecule has 2 fully saturated rings. The first-order chi connectivity index (χ1) is 9.99. The summed E-state index contributed by atoms with van der Waals surface area (Å²) in [6, 6.07) is -0.000574. The number of amidine groups is 1. The highest BCUT2D eigenvalue weighted by atomic mass is 16.4. The lowest BCUT2D eigenvalue weighted by atomic mass is 9.72. The number of rotatable bonds is 3. The predicted octanol–water partition coefficient (Wildman–Crippen LogP) is 0.420. The molecule has 118 valence electrons. The number of nitrogens with one attached hydrogen (secondary N) is 1. The van der Waals surface area contributed by atoms with Crippen LogP contribution >= 0.6 is 0 Å². The number of carbonyl (C=O) groups excluding carboxylic acids is 2. The third-order valence-corrected chi connectivity index (χ3v) is 4.60. The Kier molecular flexibility index (Phi) is 4.69. The molecular weight excluding hydrogens is 272 g/mol. The lowest BCUT2D eigenvalue weighted by molar-refractivity contribution is -0.139. The van der Waals surface area contributed by atoms with Crippen molar-refractivity contribution in [1.82, 2.24) is 10.2 Å². The van der Waals surface area contributed by atoms with Crippen LogP contribution in [0.3, 0.4) is 0 Å². The van der Waals surface area contributed by atoms with Gasteiger partial charge in [0.15, 0.2) is 5.84 Å². The van der Waals surface area contributed by atoms with Crippen LogP contribution in [-0.2, 0) is 9.59 Å². The molecule has 0 aromatic carbocycles. The van der Waals surface area contributed by atoms with E-state index in [4.69, 9.17) is 10.9 Å². The van der Waals surface area contributed by atoms with Crippen molar-refractivity contribution in [1.29, 1.82) is 0 Å². The average molecular weight is 296 g/mol. The van der Waals surface area contributed by atoms with E-state index in [0.29, 0.717) is 25.9 Å². The van der Waals surface area contributed by atoms with Crippen LogP contribution in [0.1, 0.15) is 45.4 Å². The van der Waals surface area contributed by atoms with Gasteiger partial charge in [0, 0.05) is 26.1 Å². The van der Waals surface area contributed by atoms with Gasteiger partial charge in [-0.25, -0.2) is 0 Å². The molecule has 2 aliphatic rings. The maximum atomic E-state index is 12.9. The van der Waals surface area contributed by atoms with Crippen LogP contribution in [0.2, 0.25) is 0 Å². The maximum Gasteiger partial charge on any atom is 0.236 e. The van der Waals surface area contributed by atoms with Crippen LogP contribution in [0, 0.1) is 5.41 Å². The number of hydrogen-bond acceptors (Lipinski definition) is 4. The molecule has 2 amide bonds. The fraction of sp³-hybridized carbons (Fsp3) is 0.786. The van der Waals surface area contributed by atoms with Crippen molar-refractivity contribution in [3.63, 3.8) is 0 Å². The highest BCUT2D eigenvalue weighted by Crippen LogP contribution is 2.39. The summed E-state index contributed by atoms with van der Waals surface area (Å²) in [6.45, 7) is 2.58. The van der Waals surface area contributed by atoms with Crippen molar-refractivity contribution < 1.29 is 14.8 Å². The van der Waals surface area contributed by atoms with E-state index >= 15 is 0 Å². The van der Waals surface area contributed by atoms with Gasteiger partial charge in [0.05, 0.1) is 0 Å². The fourth-order valence-electron chi connectivity index (χ4n) is 3.48. The number of amides is 2. The number of likely N-dealkylation sites (tertiary alicyclic amines) is 1. The second kappa shape index (κ2) is 6.32. The first-order valence-corrected chi connectivity index (χ1v) is 7.54. The Morgan fingerprint density at radius 2 is 2.00 bits per heavy atom. The molecule has 1 saturated heterocycles. The van der Waals surface area contributed by atoms with Crippen LogP contribution in [0.4, 0.5) is 0 Å². The Bertz CT molecular complexity index is 444. The van der Waals surface area contributed by atoms with Crippen LogP contribution in [0.15, 0.2) is 5.16 Å². The monoisotopic (exact) mass is 296 g/mol. The molecule has 2 rings (SSSR count). The van der Waals surface area contributed by atoms with E-state index in [1.807, 2.05) is 0 Å². The van der Waals surface area contributed by atoms with Crippen molar-refractivity contribution in [2.75, 3.05) is 13.1 Å². The number of nitrogens with two attached hydrogens (primary N) is 1. The molecule has 0 radical (unpaired) electrons. The summed E-state index contributed by atoms with van der Waals surface area (Å²) in [5, 5.41) is 15.0. The number of oxime groups is 1. The fourth-order valence-corrected chi connectivity index (χ4v) is 3.48. The van der Waals surface area contributed by atoms with Gasteiger partial charge in [0.2, 0.25) is 11.8 Å². The molecule has 1 atom stereocenters. The van der Waals surface area contributed by atoms with Gasteiger partial charge in [-0.15, -0.1) is 0 Å². The summed E-state index contributed by atoms with van der Waals surface area (Å²) in [5.41, 5.74) is 4.99. The van der Waals surface area contributed by atoms with E-state index in [2.05, 4.69) is 10.5 Å². The van der Waals surface area contributed by atoms with Crippen molar-refractivity contribution in [2.24, 2.45) is 16.3 Å². The summed E-state index contributed by atoms with van der Waals surface area (Å²) in [7, 11) is 0. The van der Waals surface area contributed by atoms with Crippen LogP contribution in [0.25, 0.3) is 0 Å². The van der Waals surface area contributed by atoms with Crippen LogP contribution in [-0.4, -0.2) is 46.9 Å². The van der Waals surface area contributed by atoms with Gasteiger partial charge in [0.25, 0.3) is 0 Å². The molecule has 1 saturated carbocycles. The zero-order chi connectivity index (χ0) is 15.5. The highest BCUT2D eigenvalue weighted by Gasteiger charge is 2.47. The molecule has 21 heavy (non-hydrogen) atoms. The Balaban J connectivity index is 2.11. The third kappa shape index (κ3) is 3.11.